The fourth-order valence-corrected chi connectivity index (χ4v) is 3.59. The Morgan fingerprint density at radius 2 is 1.80 bits per heavy atom. The lowest BCUT2D eigenvalue weighted by molar-refractivity contribution is 0.0696. The summed E-state index contributed by atoms with van der Waals surface area (Å²) < 4.78 is 2.09. The van der Waals surface area contributed by atoms with Gasteiger partial charge in [0.2, 0.25) is 0 Å². The van der Waals surface area contributed by atoms with Crippen LogP contribution < -0.4 is 0 Å². The lowest BCUT2D eigenvalue weighted by atomic mass is 10.0. The molecule has 0 unspecified atom stereocenters. The number of aromatic carboxylic acids is 1. The molecule has 0 aliphatic heterocycles. The molecule has 0 aliphatic rings. The Kier molecular flexibility index (Phi) is 5.19. The van der Waals surface area contributed by atoms with Crippen molar-refractivity contribution in [3.05, 3.63) is 107 Å². The maximum atomic E-state index is 11.3. The molecule has 1 heterocycles. The van der Waals surface area contributed by atoms with Crippen LogP contribution in [0.25, 0.3) is 22.6 Å². The van der Waals surface area contributed by atoms with Gasteiger partial charge in [0.1, 0.15) is 0 Å². The zero-order chi connectivity index (χ0) is 21.1. The first-order valence-corrected chi connectivity index (χ1v) is 9.64. The van der Waals surface area contributed by atoms with Gasteiger partial charge in [-0.2, -0.15) is 5.26 Å². The highest BCUT2D eigenvalue weighted by Crippen LogP contribution is 2.27. The van der Waals surface area contributed by atoms with Gasteiger partial charge in [0, 0.05) is 29.2 Å². The molecule has 0 saturated heterocycles. The first-order chi connectivity index (χ1) is 14.5. The van der Waals surface area contributed by atoms with Crippen LogP contribution in [0, 0.1) is 18.3 Å². The first kappa shape index (κ1) is 19.2. The molecule has 0 saturated carbocycles. The molecular formula is C26H20N2O2. The zero-order valence-corrected chi connectivity index (χ0v) is 16.5. The number of hydrogen-bond acceptors (Lipinski definition) is 2. The van der Waals surface area contributed by atoms with Gasteiger partial charge in [-0.05, 0) is 42.3 Å². The summed E-state index contributed by atoms with van der Waals surface area (Å²) in [6, 6.07) is 25.2. The summed E-state index contributed by atoms with van der Waals surface area (Å²) in [6.07, 6.45) is 3.93. The van der Waals surface area contributed by atoms with Crippen molar-refractivity contribution in [2.45, 2.75) is 13.5 Å². The van der Waals surface area contributed by atoms with E-state index in [0.29, 0.717) is 12.1 Å². The Labute approximate surface area is 174 Å². The van der Waals surface area contributed by atoms with E-state index in [-0.39, 0.29) is 5.56 Å². The number of fused-ring (bicyclic) bond motifs is 1. The molecule has 1 aromatic heterocycles. The van der Waals surface area contributed by atoms with E-state index in [2.05, 4.69) is 10.6 Å². The average Bonchev–Trinajstić information content (AvgIpc) is 3.10. The largest absolute Gasteiger partial charge is 0.478 e. The van der Waals surface area contributed by atoms with Gasteiger partial charge in [0.25, 0.3) is 0 Å². The van der Waals surface area contributed by atoms with Crippen molar-refractivity contribution in [3.8, 4) is 6.07 Å². The highest BCUT2D eigenvalue weighted by atomic mass is 16.4. The lowest BCUT2D eigenvalue weighted by Gasteiger charge is -2.06. The molecule has 30 heavy (non-hydrogen) atoms. The molecule has 4 nitrogen and oxygen atoms in total. The van der Waals surface area contributed by atoms with E-state index in [9.17, 15) is 15.2 Å². The second-order valence-corrected chi connectivity index (χ2v) is 7.27. The number of carboxylic acid groups (broad SMARTS) is 1. The van der Waals surface area contributed by atoms with E-state index in [1.807, 2.05) is 73.8 Å². The monoisotopic (exact) mass is 392 g/mol. The van der Waals surface area contributed by atoms with Gasteiger partial charge in [-0.25, -0.2) is 4.79 Å². The smallest absolute Gasteiger partial charge is 0.335 e. The molecule has 0 atom stereocenters. The van der Waals surface area contributed by atoms with E-state index in [1.54, 1.807) is 18.2 Å². The van der Waals surface area contributed by atoms with Gasteiger partial charge in [0.05, 0.1) is 17.2 Å². The summed E-state index contributed by atoms with van der Waals surface area (Å²) in [5.41, 5.74) is 5.80. The molecular weight excluding hydrogens is 372 g/mol. The van der Waals surface area contributed by atoms with Crippen LogP contribution in [0.4, 0.5) is 0 Å². The van der Waals surface area contributed by atoms with E-state index < -0.39 is 5.97 Å². The average molecular weight is 392 g/mol. The number of carbonyl (C=O) groups is 1. The number of aryl methyl sites for hydroxylation is 1. The van der Waals surface area contributed by atoms with E-state index in [0.717, 1.165) is 33.2 Å². The third-order valence-electron chi connectivity index (χ3n) is 5.13. The van der Waals surface area contributed by atoms with Crippen molar-refractivity contribution in [2.24, 2.45) is 0 Å². The van der Waals surface area contributed by atoms with E-state index in [1.165, 1.54) is 0 Å². The van der Waals surface area contributed by atoms with Crippen molar-refractivity contribution in [3.63, 3.8) is 0 Å². The van der Waals surface area contributed by atoms with Crippen LogP contribution >= 0.6 is 0 Å². The number of allylic oxidation sites excluding steroid dienone is 1. The number of nitrogens with zero attached hydrogens (tertiary/aromatic N) is 2. The third kappa shape index (κ3) is 3.87. The predicted molar refractivity (Wildman–Crippen MR) is 119 cm³/mol. The molecule has 0 radical (unpaired) electrons. The number of rotatable bonds is 5. The topological polar surface area (TPSA) is 66.0 Å². The maximum Gasteiger partial charge on any atom is 0.335 e. The summed E-state index contributed by atoms with van der Waals surface area (Å²) >= 11 is 0. The molecule has 0 spiro atoms. The molecule has 4 rings (SSSR count). The number of aromatic nitrogens is 1. The van der Waals surface area contributed by atoms with Gasteiger partial charge in [-0.1, -0.05) is 60.2 Å². The molecule has 1 N–H and O–H groups in total. The van der Waals surface area contributed by atoms with Crippen molar-refractivity contribution in [1.29, 1.82) is 5.26 Å². The van der Waals surface area contributed by atoms with Crippen LogP contribution in [0.5, 0.6) is 0 Å². The normalized spacial score (nSPS) is 11.4. The molecule has 0 bridgehead atoms. The summed E-state index contributed by atoms with van der Waals surface area (Å²) in [6.45, 7) is 2.56. The van der Waals surface area contributed by atoms with Crippen LogP contribution in [0.3, 0.4) is 0 Å². The summed E-state index contributed by atoms with van der Waals surface area (Å²) in [7, 11) is 0. The second kappa shape index (κ2) is 8.10. The number of hydrogen-bond donors (Lipinski definition) is 1. The Balaban J connectivity index is 1.77. The Bertz CT molecular complexity index is 1310. The number of carboxylic acids is 1. The maximum absolute atomic E-state index is 11.3. The number of benzene rings is 3. The summed E-state index contributed by atoms with van der Waals surface area (Å²) in [4.78, 5) is 11.3. The standard InChI is InChI=1S/C26H20N2O2/c1-18-9-11-20(12-10-18)22(15-27)14-23-17-28(25-8-3-2-7-24(23)25)16-19-5-4-6-21(13-19)26(29)30/h2-14,17H,16H2,1H3,(H,29,30)/b22-14-. The van der Waals surface area contributed by atoms with Crippen molar-refractivity contribution in [1.82, 2.24) is 4.57 Å². The summed E-state index contributed by atoms with van der Waals surface area (Å²) in [5.74, 6) is -0.936. The van der Waals surface area contributed by atoms with Crippen LogP contribution in [0.2, 0.25) is 0 Å². The van der Waals surface area contributed by atoms with Crippen LogP contribution in [0.15, 0.2) is 79.0 Å². The SMILES string of the molecule is Cc1ccc(/C(C#N)=C\c2cn(Cc3cccc(C(=O)O)c3)c3ccccc23)cc1. The highest BCUT2D eigenvalue weighted by Gasteiger charge is 2.10. The molecule has 0 amide bonds. The zero-order valence-electron chi connectivity index (χ0n) is 16.5. The minimum absolute atomic E-state index is 0.273. The van der Waals surface area contributed by atoms with Gasteiger partial charge < -0.3 is 9.67 Å². The molecule has 4 heteroatoms. The number of para-hydroxylation sites is 1. The van der Waals surface area contributed by atoms with Gasteiger partial charge in [-0.3, -0.25) is 0 Å². The van der Waals surface area contributed by atoms with Crippen molar-refractivity contribution >= 4 is 28.5 Å². The Morgan fingerprint density at radius 1 is 1.03 bits per heavy atom. The highest BCUT2D eigenvalue weighted by molar-refractivity contribution is 5.98. The Hall–Kier alpha value is -4.10. The minimum atomic E-state index is -0.936. The van der Waals surface area contributed by atoms with E-state index >= 15 is 0 Å². The quantitative estimate of drug-likeness (QED) is 0.439. The van der Waals surface area contributed by atoms with Crippen LogP contribution in [-0.4, -0.2) is 15.6 Å². The lowest BCUT2D eigenvalue weighted by Crippen LogP contribution is -2.01. The van der Waals surface area contributed by atoms with Gasteiger partial charge >= 0.3 is 5.97 Å². The predicted octanol–water partition coefficient (Wildman–Crippen LogP) is 5.76. The van der Waals surface area contributed by atoms with Crippen molar-refractivity contribution in [2.75, 3.05) is 0 Å². The van der Waals surface area contributed by atoms with E-state index in [4.69, 9.17) is 0 Å². The molecule has 146 valence electrons. The first-order valence-electron chi connectivity index (χ1n) is 9.64. The second-order valence-electron chi connectivity index (χ2n) is 7.27. The van der Waals surface area contributed by atoms with Gasteiger partial charge in [-0.15, -0.1) is 0 Å². The third-order valence-corrected chi connectivity index (χ3v) is 5.13. The summed E-state index contributed by atoms with van der Waals surface area (Å²) in [5, 5.41) is 20.0. The van der Waals surface area contributed by atoms with Gasteiger partial charge in [0.15, 0.2) is 0 Å². The molecule has 3 aromatic carbocycles. The molecule has 0 fully saturated rings. The molecule has 0 aliphatic carbocycles. The van der Waals surface area contributed by atoms with Crippen molar-refractivity contribution < 1.29 is 9.90 Å². The van der Waals surface area contributed by atoms with Crippen LogP contribution in [0.1, 0.15) is 32.6 Å². The fourth-order valence-electron chi connectivity index (χ4n) is 3.59. The van der Waals surface area contributed by atoms with Crippen LogP contribution in [-0.2, 0) is 6.54 Å². The fraction of sp³-hybridized carbons (Fsp3) is 0.0769. The minimum Gasteiger partial charge on any atom is -0.478 e. The number of nitriles is 1. The molecule has 4 aromatic rings. The Morgan fingerprint density at radius 3 is 2.53 bits per heavy atom.